The van der Waals surface area contributed by atoms with E-state index in [-0.39, 0.29) is 12.1 Å². The van der Waals surface area contributed by atoms with Gasteiger partial charge in [0.25, 0.3) is 0 Å². The van der Waals surface area contributed by atoms with Crippen LogP contribution in [0.2, 0.25) is 6.04 Å². The van der Waals surface area contributed by atoms with Gasteiger partial charge in [0.05, 0.1) is 6.04 Å². The minimum absolute atomic E-state index is 0.0192. The Hall–Kier alpha value is -1.05. The van der Waals surface area contributed by atoms with Crippen LogP contribution in [0.25, 0.3) is 0 Å². The van der Waals surface area contributed by atoms with Crippen LogP contribution in [0.5, 0.6) is 0 Å². The molecule has 5 nitrogen and oxygen atoms in total. The summed E-state index contributed by atoms with van der Waals surface area (Å²) < 4.78 is 16.3. The number of rotatable bonds is 11. The second-order valence-corrected chi connectivity index (χ2v) is 8.73. The Bertz CT molecular complexity index is 442. The predicted octanol–water partition coefficient (Wildman–Crippen LogP) is 2.67. The van der Waals surface area contributed by atoms with Gasteiger partial charge in [-0.1, -0.05) is 30.3 Å². The summed E-state index contributed by atoms with van der Waals surface area (Å²) in [6, 6.07) is 11.2. The first kappa shape index (κ1) is 20.0. The monoisotopic (exact) mass is 338 g/mol. The van der Waals surface area contributed by atoms with E-state index in [1.54, 1.807) is 21.3 Å². The highest BCUT2D eigenvalue weighted by molar-refractivity contribution is 6.60. The summed E-state index contributed by atoms with van der Waals surface area (Å²) in [6.45, 7) is 2.00. The third kappa shape index (κ3) is 6.93. The summed E-state index contributed by atoms with van der Waals surface area (Å²) in [5.41, 5.74) is 7.32. The lowest BCUT2D eigenvalue weighted by molar-refractivity contribution is 0.122. The molecule has 130 valence electrons. The molecule has 0 heterocycles. The number of benzene rings is 1. The zero-order chi connectivity index (χ0) is 17.1. The van der Waals surface area contributed by atoms with Gasteiger partial charge in [-0.15, -0.1) is 0 Å². The Balaban J connectivity index is 2.49. The van der Waals surface area contributed by atoms with Crippen molar-refractivity contribution in [1.29, 1.82) is 0 Å². The number of aliphatic imine (C=N–C) groups is 1. The van der Waals surface area contributed by atoms with E-state index in [0.717, 1.165) is 25.3 Å². The van der Waals surface area contributed by atoms with Crippen molar-refractivity contribution in [1.82, 2.24) is 0 Å². The molecule has 0 fully saturated rings. The second-order valence-electron chi connectivity index (χ2n) is 5.64. The molecule has 2 unspecified atom stereocenters. The van der Waals surface area contributed by atoms with Crippen molar-refractivity contribution in [2.75, 3.05) is 21.3 Å². The lowest BCUT2D eigenvalue weighted by Crippen LogP contribution is -2.43. The number of nitrogens with zero attached hydrogens (tertiary/aromatic N) is 1. The van der Waals surface area contributed by atoms with Gasteiger partial charge < -0.3 is 19.0 Å². The summed E-state index contributed by atoms with van der Waals surface area (Å²) in [6.07, 6.45) is 4.61. The van der Waals surface area contributed by atoms with Gasteiger partial charge in [-0.2, -0.15) is 0 Å². The molecule has 1 aromatic carbocycles. The molecule has 2 N–H and O–H groups in total. The molecule has 0 bridgehead atoms. The van der Waals surface area contributed by atoms with E-state index in [4.69, 9.17) is 19.0 Å². The fraction of sp³-hybridized carbons (Fsp3) is 0.588. The minimum atomic E-state index is -2.50. The third-order valence-corrected chi connectivity index (χ3v) is 6.82. The van der Waals surface area contributed by atoms with Gasteiger partial charge in [0.1, 0.15) is 0 Å². The lowest BCUT2D eigenvalue weighted by Gasteiger charge is -2.25. The molecule has 0 aliphatic heterocycles. The first-order valence-electron chi connectivity index (χ1n) is 8.03. The number of hydrogen-bond donors (Lipinski definition) is 1. The number of nitrogens with two attached hydrogens (primary N) is 1. The molecule has 0 aliphatic carbocycles. The Labute approximate surface area is 141 Å². The highest BCUT2D eigenvalue weighted by atomic mass is 28.4. The molecule has 0 aliphatic rings. The summed E-state index contributed by atoms with van der Waals surface area (Å²) >= 11 is 0. The van der Waals surface area contributed by atoms with Crippen LogP contribution < -0.4 is 5.73 Å². The first-order chi connectivity index (χ1) is 11.1. The Morgan fingerprint density at radius 3 is 2.26 bits per heavy atom. The van der Waals surface area contributed by atoms with Crippen LogP contribution in [-0.4, -0.2) is 48.4 Å². The van der Waals surface area contributed by atoms with Crippen molar-refractivity contribution in [3.63, 3.8) is 0 Å². The highest BCUT2D eigenvalue weighted by Crippen LogP contribution is 2.18. The van der Waals surface area contributed by atoms with Crippen LogP contribution in [0.15, 0.2) is 35.3 Å². The van der Waals surface area contributed by atoms with Crippen LogP contribution in [0.3, 0.4) is 0 Å². The van der Waals surface area contributed by atoms with Crippen molar-refractivity contribution >= 4 is 15.0 Å². The SMILES string of the molecule is CO[Si](CCCC(N=CCc1ccccc1)C(C)N)(OC)OC. The molecule has 6 heteroatoms. The molecular formula is C17H30N2O3Si. The topological polar surface area (TPSA) is 66.1 Å². The normalized spacial score (nSPS) is 15.0. The van der Waals surface area contributed by atoms with Gasteiger partial charge in [-0.05, 0) is 25.3 Å². The lowest BCUT2D eigenvalue weighted by atomic mass is 10.1. The molecule has 1 rings (SSSR count). The van der Waals surface area contributed by atoms with Crippen LogP contribution in [-0.2, 0) is 19.7 Å². The quantitative estimate of drug-likeness (QED) is 0.497. The standard InChI is InChI=1S/C17H30N2O3Si/c1-15(18)17(11-8-14-23(20-2,21-3)22-4)19-13-12-16-9-6-5-7-10-16/h5-7,9-10,13,15,17H,8,11-12,14,18H2,1-4H3. The maximum atomic E-state index is 6.07. The van der Waals surface area contributed by atoms with E-state index in [0.29, 0.717) is 0 Å². The van der Waals surface area contributed by atoms with Crippen molar-refractivity contribution < 1.29 is 13.3 Å². The molecule has 1 aromatic rings. The van der Waals surface area contributed by atoms with E-state index in [1.165, 1.54) is 5.56 Å². The average molecular weight is 339 g/mol. The number of hydrogen-bond acceptors (Lipinski definition) is 5. The van der Waals surface area contributed by atoms with Crippen molar-refractivity contribution in [3.8, 4) is 0 Å². The van der Waals surface area contributed by atoms with Gasteiger partial charge in [-0.25, -0.2) is 0 Å². The molecule has 0 radical (unpaired) electrons. The Morgan fingerprint density at radius 2 is 1.74 bits per heavy atom. The van der Waals surface area contributed by atoms with Crippen molar-refractivity contribution in [2.45, 2.75) is 44.3 Å². The summed E-state index contributed by atoms with van der Waals surface area (Å²) in [4.78, 5) is 4.66. The van der Waals surface area contributed by atoms with Gasteiger partial charge in [0.2, 0.25) is 0 Å². The van der Waals surface area contributed by atoms with E-state index in [9.17, 15) is 0 Å². The van der Waals surface area contributed by atoms with Gasteiger partial charge in [0, 0.05) is 46.1 Å². The summed E-state index contributed by atoms with van der Waals surface area (Å²) in [7, 11) is 2.42. The zero-order valence-electron chi connectivity index (χ0n) is 14.7. The van der Waals surface area contributed by atoms with E-state index in [1.807, 2.05) is 31.3 Å². The van der Waals surface area contributed by atoms with Gasteiger partial charge in [-0.3, -0.25) is 4.99 Å². The highest BCUT2D eigenvalue weighted by Gasteiger charge is 2.37. The van der Waals surface area contributed by atoms with Crippen molar-refractivity contribution in [2.24, 2.45) is 10.7 Å². The maximum Gasteiger partial charge on any atom is 0.500 e. The summed E-state index contributed by atoms with van der Waals surface area (Å²) in [5, 5.41) is 0. The van der Waals surface area contributed by atoms with Crippen LogP contribution in [0.4, 0.5) is 0 Å². The van der Waals surface area contributed by atoms with Crippen molar-refractivity contribution in [3.05, 3.63) is 35.9 Å². The van der Waals surface area contributed by atoms with Crippen LogP contribution in [0, 0.1) is 0 Å². The molecule has 0 aromatic heterocycles. The smallest absolute Gasteiger partial charge is 0.377 e. The molecule has 0 spiro atoms. The van der Waals surface area contributed by atoms with Gasteiger partial charge in [0.15, 0.2) is 0 Å². The molecule has 0 saturated heterocycles. The largest absolute Gasteiger partial charge is 0.500 e. The van der Waals surface area contributed by atoms with Gasteiger partial charge >= 0.3 is 8.80 Å². The molecule has 0 amide bonds. The molecule has 23 heavy (non-hydrogen) atoms. The fourth-order valence-electron chi connectivity index (χ4n) is 2.46. The molecular weight excluding hydrogens is 308 g/mol. The predicted molar refractivity (Wildman–Crippen MR) is 96.9 cm³/mol. The van der Waals surface area contributed by atoms with E-state index in [2.05, 4.69) is 17.1 Å². The second kappa shape index (κ2) is 10.7. The maximum absolute atomic E-state index is 6.07. The van der Waals surface area contributed by atoms with Crippen LogP contribution in [0.1, 0.15) is 25.3 Å². The molecule has 2 atom stereocenters. The minimum Gasteiger partial charge on any atom is -0.377 e. The average Bonchev–Trinajstić information content (AvgIpc) is 2.58. The molecule has 0 saturated carbocycles. The Morgan fingerprint density at radius 1 is 1.13 bits per heavy atom. The fourth-order valence-corrected chi connectivity index (χ4v) is 4.21. The zero-order valence-corrected chi connectivity index (χ0v) is 15.7. The summed E-state index contributed by atoms with van der Waals surface area (Å²) in [5.74, 6) is 0. The first-order valence-corrected chi connectivity index (χ1v) is 9.96. The van der Waals surface area contributed by atoms with E-state index >= 15 is 0 Å². The third-order valence-electron chi connectivity index (χ3n) is 3.99. The Kier molecular flexibility index (Phi) is 9.28. The van der Waals surface area contributed by atoms with Crippen LogP contribution >= 0.6 is 0 Å². The van der Waals surface area contributed by atoms with E-state index < -0.39 is 8.80 Å².